The number of nitrogens with one attached hydrogen (secondary N) is 1. The lowest BCUT2D eigenvalue weighted by Gasteiger charge is -2.13. The monoisotopic (exact) mass is 421 g/mol. The van der Waals surface area contributed by atoms with E-state index in [4.69, 9.17) is 4.42 Å². The van der Waals surface area contributed by atoms with Crippen LogP contribution in [0.25, 0.3) is 0 Å². The average molecular weight is 423 g/mol. The van der Waals surface area contributed by atoms with Crippen LogP contribution in [0.2, 0.25) is 0 Å². The highest BCUT2D eigenvalue weighted by molar-refractivity contribution is 9.11. The molecule has 0 radical (unpaired) electrons. The minimum atomic E-state index is -3.64. The van der Waals surface area contributed by atoms with E-state index >= 15 is 0 Å². The molecule has 20 heavy (non-hydrogen) atoms. The zero-order valence-corrected chi connectivity index (χ0v) is 14.8. The second-order valence-electron chi connectivity index (χ2n) is 4.37. The highest BCUT2D eigenvalue weighted by Crippen LogP contribution is 2.27. The number of rotatable bonds is 4. The molecule has 7 heteroatoms. The fraction of sp³-hybridized carbons (Fsp3) is 0.231. The Morgan fingerprint density at radius 3 is 2.50 bits per heavy atom. The Balaban J connectivity index is 2.29. The first-order chi connectivity index (χ1) is 9.29. The molecule has 1 aromatic carbocycles. The fourth-order valence-electron chi connectivity index (χ4n) is 1.72. The standard InChI is InChI=1S/C13H13Br2NO3S/c1-8-3-6-12(19-8)9(2)16-20(17,18)13-7-10(14)4-5-11(13)15/h3-7,9,16H,1-2H3. The van der Waals surface area contributed by atoms with Gasteiger partial charge in [0.25, 0.3) is 0 Å². The van der Waals surface area contributed by atoms with E-state index in [9.17, 15) is 8.42 Å². The van der Waals surface area contributed by atoms with Crippen molar-refractivity contribution in [1.29, 1.82) is 0 Å². The van der Waals surface area contributed by atoms with Gasteiger partial charge in [-0.05, 0) is 60.1 Å². The van der Waals surface area contributed by atoms with Crippen molar-refractivity contribution >= 4 is 41.9 Å². The van der Waals surface area contributed by atoms with Crippen molar-refractivity contribution < 1.29 is 12.8 Å². The Labute approximate surface area is 134 Å². The van der Waals surface area contributed by atoms with Crippen LogP contribution in [0.1, 0.15) is 24.5 Å². The van der Waals surface area contributed by atoms with Crippen LogP contribution in [-0.2, 0) is 10.0 Å². The Morgan fingerprint density at radius 1 is 1.20 bits per heavy atom. The number of benzene rings is 1. The van der Waals surface area contributed by atoms with Crippen LogP contribution in [0, 0.1) is 6.92 Å². The SMILES string of the molecule is Cc1ccc(C(C)NS(=O)(=O)c2cc(Br)ccc2Br)o1. The van der Waals surface area contributed by atoms with Crippen molar-refractivity contribution in [2.24, 2.45) is 0 Å². The predicted molar refractivity (Wildman–Crippen MR) is 84.0 cm³/mol. The molecule has 1 aromatic heterocycles. The highest BCUT2D eigenvalue weighted by Gasteiger charge is 2.22. The maximum absolute atomic E-state index is 12.4. The largest absolute Gasteiger partial charge is 0.465 e. The quantitative estimate of drug-likeness (QED) is 0.804. The molecule has 0 fully saturated rings. The van der Waals surface area contributed by atoms with Gasteiger partial charge in [-0.15, -0.1) is 0 Å². The van der Waals surface area contributed by atoms with Gasteiger partial charge in [0.2, 0.25) is 10.0 Å². The second-order valence-corrected chi connectivity index (χ2v) is 7.82. The van der Waals surface area contributed by atoms with Crippen molar-refractivity contribution in [3.05, 3.63) is 50.8 Å². The van der Waals surface area contributed by atoms with Crippen molar-refractivity contribution in [1.82, 2.24) is 4.72 Å². The molecule has 0 aliphatic carbocycles. The van der Waals surface area contributed by atoms with E-state index in [0.29, 0.717) is 14.7 Å². The lowest BCUT2D eigenvalue weighted by Crippen LogP contribution is -2.27. The van der Waals surface area contributed by atoms with Gasteiger partial charge in [0.05, 0.1) is 10.9 Å². The summed E-state index contributed by atoms with van der Waals surface area (Å²) >= 11 is 6.52. The lowest BCUT2D eigenvalue weighted by atomic mass is 10.3. The number of halogens is 2. The van der Waals surface area contributed by atoms with E-state index in [-0.39, 0.29) is 4.90 Å². The molecular weight excluding hydrogens is 410 g/mol. The summed E-state index contributed by atoms with van der Waals surface area (Å²) in [6, 6.07) is 8.11. The Kier molecular flexibility index (Phi) is 4.73. The van der Waals surface area contributed by atoms with Gasteiger partial charge in [-0.3, -0.25) is 0 Å². The van der Waals surface area contributed by atoms with Gasteiger partial charge < -0.3 is 4.42 Å². The van der Waals surface area contributed by atoms with Crippen LogP contribution in [-0.4, -0.2) is 8.42 Å². The third-order valence-electron chi connectivity index (χ3n) is 2.70. The van der Waals surface area contributed by atoms with E-state index in [1.807, 2.05) is 6.92 Å². The smallest absolute Gasteiger partial charge is 0.242 e. The van der Waals surface area contributed by atoms with Gasteiger partial charge in [0.15, 0.2) is 0 Å². The van der Waals surface area contributed by atoms with Crippen LogP contribution in [0.3, 0.4) is 0 Å². The van der Waals surface area contributed by atoms with Gasteiger partial charge in [-0.1, -0.05) is 15.9 Å². The maximum atomic E-state index is 12.4. The Morgan fingerprint density at radius 2 is 1.90 bits per heavy atom. The molecule has 108 valence electrons. The number of hydrogen-bond donors (Lipinski definition) is 1. The molecule has 0 aliphatic rings. The highest BCUT2D eigenvalue weighted by atomic mass is 79.9. The van der Waals surface area contributed by atoms with Crippen LogP contribution in [0.15, 0.2) is 48.6 Å². The van der Waals surface area contributed by atoms with Crippen LogP contribution in [0.4, 0.5) is 0 Å². The molecule has 2 rings (SSSR count). The van der Waals surface area contributed by atoms with E-state index in [0.717, 1.165) is 5.76 Å². The molecule has 0 amide bonds. The van der Waals surface area contributed by atoms with Gasteiger partial charge in [0.1, 0.15) is 11.5 Å². The summed E-state index contributed by atoms with van der Waals surface area (Å²) < 4.78 is 34.0. The number of aryl methyl sites for hydroxylation is 1. The summed E-state index contributed by atoms with van der Waals surface area (Å²) in [4.78, 5) is 0.182. The van der Waals surface area contributed by atoms with E-state index < -0.39 is 16.1 Å². The predicted octanol–water partition coefficient (Wildman–Crippen LogP) is 4.15. The Bertz CT molecular complexity index is 725. The minimum absolute atomic E-state index is 0.182. The topological polar surface area (TPSA) is 59.3 Å². The zero-order valence-electron chi connectivity index (χ0n) is 10.9. The summed E-state index contributed by atoms with van der Waals surface area (Å²) in [7, 11) is -3.64. The molecule has 2 aromatic rings. The first-order valence-electron chi connectivity index (χ1n) is 5.83. The first kappa shape index (κ1) is 15.8. The first-order valence-corrected chi connectivity index (χ1v) is 8.90. The third-order valence-corrected chi connectivity index (χ3v) is 5.73. The zero-order chi connectivity index (χ0) is 14.9. The van der Waals surface area contributed by atoms with Crippen molar-refractivity contribution in [2.45, 2.75) is 24.8 Å². The second kappa shape index (κ2) is 6.01. The third kappa shape index (κ3) is 3.52. The number of sulfonamides is 1. The van der Waals surface area contributed by atoms with Gasteiger partial charge in [0, 0.05) is 8.95 Å². The van der Waals surface area contributed by atoms with Crippen LogP contribution >= 0.6 is 31.9 Å². The maximum Gasteiger partial charge on any atom is 0.242 e. The van der Waals surface area contributed by atoms with E-state index in [2.05, 4.69) is 36.6 Å². The van der Waals surface area contributed by atoms with Crippen LogP contribution < -0.4 is 4.72 Å². The molecule has 1 heterocycles. The summed E-state index contributed by atoms with van der Waals surface area (Å²) in [5, 5.41) is 0. The molecule has 0 saturated heterocycles. The van der Waals surface area contributed by atoms with Crippen LogP contribution in [0.5, 0.6) is 0 Å². The summed E-state index contributed by atoms with van der Waals surface area (Å²) in [6.45, 7) is 3.55. The van der Waals surface area contributed by atoms with Gasteiger partial charge in [-0.2, -0.15) is 0 Å². The molecule has 1 N–H and O–H groups in total. The molecule has 4 nitrogen and oxygen atoms in total. The van der Waals surface area contributed by atoms with Crippen molar-refractivity contribution in [3.63, 3.8) is 0 Å². The summed E-state index contributed by atoms with van der Waals surface area (Å²) in [5.41, 5.74) is 0. The van der Waals surface area contributed by atoms with E-state index in [1.54, 1.807) is 37.3 Å². The molecule has 1 unspecified atom stereocenters. The average Bonchev–Trinajstić information content (AvgIpc) is 2.78. The fourth-order valence-corrected chi connectivity index (χ4v) is 4.44. The number of furan rings is 1. The number of hydrogen-bond acceptors (Lipinski definition) is 3. The van der Waals surface area contributed by atoms with Gasteiger partial charge >= 0.3 is 0 Å². The summed E-state index contributed by atoms with van der Waals surface area (Å²) in [6.07, 6.45) is 0. The molecular formula is C13H13Br2NO3S. The molecule has 0 aliphatic heterocycles. The lowest BCUT2D eigenvalue weighted by molar-refractivity contribution is 0.441. The Hall–Kier alpha value is -0.630. The minimum Gasteiger partial charge on any atom is -0.465 e. The van der Waals surface area contributed by atoms with Gasteiger partial charge in [-0.25, -0.2) is 13.1 Å². The van der Waals surface area contributed by atoms with Crippen molar-refractivity contribution in [2.75, 3.05) is 0 Å². The molecule has 1 atom stereocenters. The molecule has 0 spiro atoms. The molecule has 0 saturated carbocycles. The normalized spacial score (nSPS) is 13.4. The van der Waals surface area contributed by atoms with Crippen molar-refractivity contribution in [3.8, 4) is 0 Å². The summed E-state index contributed by atoms with van der Waals surface area (Å²) in [5.74, 6) is 1.33. The molecule has 0 bridgehead atoms. The van der Waals surface area contributed by atoms with E-state index in [1.165, 1.54) is 0 Å².